The first-order valence-corrected chi connectivity index (χ1v) is 16.0. The van der Waals surface area contributed by atoms with Crippen molar-refractivity contribution < 1.29 is 35.6 Å². The van der Waals surface area contributed by atoms with Crippen molar-refractivity contribution in [3.05, 3.63) is 94.8 Å². The number of rotatable bonds is 10. The third-order valence-electron chi connectivity index (χ3n) is 8.17. The summed E-state index contributed by atoms with van der Waals surface area (Å²) in [7, 11) is -3.51. The highest BCUT2D eigenvalue weighted by molar-refractivity contribution is 7.90. The molecule has 1 aliphatic carbocycles. The van der Waals surface area contributed by atoms with Gasteiger partial charge >= 0.3 is 0 Å². The Morgan fingerprint density at radius 3 is 2.31 bits per heavy atom. The number of imide groups is 1. The maximum absolute atomic E-state index is 15.4. The van der Waals surface area contributed by atoms with Crippen molar-refractivity contribution in [2.75, 3.05) is 24.5 Å². The zero-order chi connectivity index (χ0) is 32.5. The number of benzene rings is 2. The van der Waals surface area contributed by atoms with Crippen molar-refractivity contribution in [3.63, 3.8) is 0 Å². The van der Waals surface area contributed by atoms with Crippen molar-refractivity contribution in [3.8, 4) is 0 Å². The van der Waals surface area contributed by atoms with Gasteiger partial charge in [0.25, 0.3) is 5.91 Å². The van der Waals surface area contributed by atoms with Gasteiger partial charge in [-0.2, -0.15) is 4.31 Å². The fourth-order valence-corrected chi connectivity index (χ4v) is 7.91. The number of nitrogens with zero attached hydrogens (tertiary/aromatic N) is 3. The Balaban J connectivity index is 1.48. The van der Waals surface area contributed by atoms with Gasteiger partial charge in [-0.25, -0.2) is 30.9 Å². The molecule has 45 heavy (non-hydrogen) atoms. The number of halogens is 4. The number of nitrogens with two attached hydrogens (primary N) is 1. The van der Waals surface area contributed by atoms with Gasteiger partial charge in [0.2, 0.25) is 15.9 Å². The van der Waals surface area contributed by atoms with Crippen molar-refractivity contribution in [1.82, 2.24) is 14.6 Å². The van der Waals surface area contributed by atoms with E-state index in [2.05, 4.69) is 10.3 Å². The highest BCUT2D eigenvalue weighted by atomic mass is 32.2. The van der Waals surface area contributed by atoms with Crippen LogP contribution in [0.5, 0.6) is 0 Å². The van der Waals surface area contributed by atoms with E-state index in [-0.39, 0.29) is 41.8 Å². The lowest BCUT2D eigenvalue weighted by Crippen LogP contribution is -2.54. The number of aromatic nitrogens is 1. The zero-order valence-electron chi connectivity index (χ0n) is 24.4. The first-order chi connectivity index (χ1) is 21.4. The minimum atomic E-state index is -3.51. The highest BCUT2D eigenvalue weighted by Gasteiger charge is 2.43. The maximum Gasteiger partial charge on any atom is 0.251 e. The zero-order valence-corrected chi connectivity index (χ0v) is 25.2. The van der Waals surface area contributed by atoms with E-state index in [1.54, 1.807) is 0 Å². The number of pyridine rings is 1. The molecule has 0 radical (unpaired) electrons. The molecular formula is C31H33F4N5O4S. The van der Waals surface area contributed by atoms with Gasteiger partial charge in [-0.3, -0.25) is 14.6 Å². The third kappa shape index (κ3) is 7.08. The van der Waals surface area contributed by atoms with E-state index in [0.717, 1.165) is 43.6 Å². The van der Waals surface area contributed by atoms with Crippen LogP contribution in [0.1, 0.15) is 48.8 Å². The summed E-state index contributed by atoms with van der Waals surface area (Å²) in [6, 6.07) is 5.29. The molecule has 1 aliphatic heterocycles. The lowest BCUT2D eigenvalue weighted by atomic mass is 9.84. The smallest absolute Gasteiger partial charge is 0.251 e. The van der Waals surface area contributed by atoms with Crippen LogP contribution < -0.4 is 16.0 Å². The minimum Gasteiger partial charge on any atom is -0.319 e. The quantitative estimate of drug-likeness (QED) is 0.324. The molecule has 2 amide bonds. The number of hydrogen-bond donors (Lipinski definition) is 2. The predicted molar refractivity (Wildman–Crippen MR) is 159 cm³/mol. The molecule has 1 saturated carbocycles. The fraction of sp³-hybridized carbons (Fsp3) is 0.387. The molecule has 2 heterocycles. The van der Waals surface area contributed by atoms with Crippen LogP contribution in [-0.2, 0) is 26.0 Å². The van der Waals surface area contributed by atoms with Crippen LogP contribution in [0.4, 0.5) is 23.2 Å². The van der Waals surface area contributed by atoms with Gasteiger partial charge in [0.05, 0.1) is 29.4 Å². The van der Waals surface area contributed by atoms with E-state index in [1.807, 2.05) is 0 Å². The van der Waals surface area contributed by atoms with Crippen LogP contribution in [0.2, 0.25) is 0 Å². The van der Waals surface area contributed by atoms with Crippen LogP contribution in [-0.4, -0.2) is 66.5 Å². The van der Waals surface area contributed by atoms with E-state index in [0.29, 0.717) is 36.9 Å². The van der Waals surface area contributed by atoms with E-state index in [9.17, 15) is 31.2 Å². The summed E-state index contributed by atoms with van der Waals surface area (Å²) in [6.45, 7) is 2.17. The Labute approximate surface area is 258 Å². The summed E-state index contributed by atoms with van der Waals surface area (Å²) in [4.78, 5) is 31.5. The average molecular weight is 648 g/mol. The largest absolute Gasteiger partial charge is 0.319 e. The van der Waals surface area contributed by atoms with Gasteiger partial charge in [-0.15, -0.1) is 0 Å². The normalized spacial score (nSPS) is 18.8. The minimum absolute atomic E-state index is 0.0391. The molecule has 3 atom stereocenters. The highest BCUT2D eigenvalue weighted by Crippen LogP contribution is 2.35. The Morgan fingerprint density at radius 2 is 1.69 bits per heavy atom. The number of nitrogens with one attached hydrogen (secondary N) is 1. The standard InChI is InChI=1S/C31H33F4N5O4S/c1-18(41)40(31(42)30(36)29(19-2-4-21(32)5-3-19)20-12-22(33)14-23(34)13-20)28-17-38-16-27(35)26(28)9-6-24-15-37-10-11-39(24)45(43,44)25-7-8-25/h2-5,12-14,16-17,24-25,29-30,37H,6-11,15,36H2,1H3/t24-,29-,30-/m0/s1. The van der Waals surface area contributed by atoms with Gasteiger partial charge in [0, 0.05) is 50.1 Å². The molecule has 240 valence electrons. The molecule has 2 aliphatic rings. The van der Waals surface area contributed by atoms with Crippen molar-refractivity contribution in [2.24, 2.45) is 5.73 Å². The summed E-state index contributed by atoms with van der Waals surface area (Å²) in [5.74, 6) is -6.37. The van der Waals surface area contributed by atoms with E-state index < -0.39 is 68.4 Å². The van der Waals surface area contributed by atoms with E-state index >= 15 is 4.39 Å². The number of hydrogen-bond acceptors (Lipinski definition) is 7. The van der Waals surface area contributed by atoms with Crippen LogP contribution >= 0.6 is 0 Å². The van der Waals surface area contributed by atoms with Gasteiger partial charge < -0.3 is 11.1 Å². The number of amides is 2. The third-order valence-corrected chi connectivity index (χ3v) is 10.6. The number of carbonyl (C=O) groups excluding carboxylic acids is 2. The van der Waals surface area contributed by atoms with E-state index in [1.165, 1.54) is 16.4 Å². The second kappa shape index (κ2) is 13.3. The molecular weight excluding hydrogens is 614 g/mol. The Bertz CT molecular complexity index is 1670. The van der Waals surface area contributed by atoms with E-state index in [4.69, 9.17) is 5.73 Å². The van der Waals surface area contributed by atoms with Crippen LogP contribution in [0.3, 0.4) is 0 Å². The van der Waals surface area contributed by atoms with Gasteiger partial charge in [-0.1, -0.05) is 12.1 Å². The molecule has 14 heteroatoms. The summed E-state index contributed by atoms with van der Waals surface area (Å²) >= 11 is 0. The van der Waals surface area contributed by atoms with Crippen LogP contribution in [0.15, 0.2) is 54.9 Å². The second-order valence-electron chi connectivity index (χ2n) is 11.3. The lowest BCUT2D eigenvalue weighted by molar-refractivity contribution is -0.126. The molecule has 9 nitrogen and oxygen atoms in total. The summed E-state index contributed by atoms with van der Waals surface area (Å²) in [6.07, 6.45) is 3.39. The topological polar surface area (TPSA) is 126 Å². The Kier molecular flexibility index (Phi) is 9.68. The molecule has 0 spiro atoms. The monoisotopic (exact) mass is 647 g/mol. The Morgan fingerprint density at radius 1 is 1.02 bits per heavy atom. The molecule has 1 saturated heterocycles. The molecule has 3 N–H and O–H groups in total. The number of sulfonamides is 1. The first kappa shape index (κ1) is 32.7. The second-order valence-corrected chi connectivity index (χ2v) is 13.5. The summed E-state index contributed by atoms with van der Waals surface area (Å²) in [5, 5.41) is 2.75. The summed E-state index contributed by atoms with van der Waals surface area (Å²) < 4.78 is 85.3. The molecule has 0 unspecified atom stereocenters. The predicted octanol–water partition coefficient (Wildman–Crippen LogP) is 3.38. The molecule has 1 aromatic heterocycles. The summed E-state index contributed by atoms with van der Waals surface area (Å²) in [5.41, 5.74) is 6.40. The number of piperazine rings is 1. The van der Waals surface area contributed by atoms with Gasteiger partial charge in [0.1, 0.15) is 23.3 Å². The van der Waals surface area contributed by atoms with Crippen LogP contribution in [0, 0.1) is 23.3 Å². The molecule has 0 bridgehead atoms. The maximum atomic E-state index is 15.4. The molecule has 2 aromatic carbocycles. The average Bonchev–Trinajstić information content (AvgIpc) is 3.84. The lowest BCUT2D eigenvalue weighted by Gasteiger charge is -2.35. The number of carbonyl (C=O) groups is 2. The van der Waals surface area contributed by atoms with Gasteiger partial charge in [-0.05, 0) is 61.1 Å². The molecule has 3 aromatic rings. The fourth-order valence-electron chi connectivity index (χ4n) is 5.85. The van der Waals surface area contributed by atoms with Crippen LogP contribution in [0.25, 0.3) is 0 Å². The van der Waals surface area contributed by atoms with Crippen molar-refractivity contribution in [1.29, 1.82) is 0 Å². The van der Waals surface area contributed by atoms with Crippen molar-refractivity contribution in [2.45, 2.75) is 55.9 Å². The molecule has 2 fully saturated rings. The number of anilines is 1. The Hall–Kier alpha value is -3.72. The molecule has 5 rings (SSSR count). The SMILES string of the molecule is CC(=O)N(C(=O)[C@@H](N)[C@@H](c1ccc(F)cc1)c1cc(F)cc(F)c1)c1cncc(F)c1CC[C@H]1CNCCN1S(=O)(=O)C1CC1. The van der Waals surface area contributed by atoms with Gasteiger partial charge in [0.15, 0.2) is 0 Å². The first-order valence-electron chi connectivity index (χ1n) is 14.5. The van der Waals surface area contributed by atoms with Crippen molar-refractivity contribution >= 4 is 27.5 Å².